The number of rotatable bonds is 6. The van der Waals surface area contributed by atoms with Gasteiger partial charge in [0.2, 0.25) is 5.91 Å². The summed E-state index contributed by atoms with van der Waals surface area (Å²) in [5, 5.41) is 10.1. The lowest BCUT2D eigenvalue weighted by atomic mass is 10.1. The van der Waals surface area contributed by atoms with Crippen LogP contribution in [0, 0.1) is 5.92 Å². The quantitative estimate of drug-likeness (QED) is 0.829. The van der Waals surface area contributed by atoms with Gasteiger partial charge >= 0.3 is 0 Å². The normalized spacial score (nSPS) is 17.4. The van der Waals surface area contributed by atoms with E-state index in [0.29, 0.717) is 13.2 Å². The standard InChI is InChI=1S/C15H19N5O2/c21-15(12-4-5-16-9-12)19-13-2-1-3-14(8-13)22-7-6-20-11-17-10-18-20/h1-3,8,10-12,16H,4-7,9H2,(H,19,21). The molecule has 0 aliphatic carbocycles. The number of carbonyl (C=O) groups is 1. The van der Waals surface area contributed by atoms with Crippen LogP contribution in [0.5, 0.6) is 5.75 Å². The Morgan fingerprint density at radius 2 is 2.45 bits per heavy atom. The molecule has 22 heavy (non-hydrogen) atoms. The summed E-state index contributed by atoms with van der Waals surface area (Å²) in [6.45, 7) is 2.78. The fourth-order valence-electron chi connectivity index (χ4n) is 2.39. The average molecular weight is 301 g/mol. The van der Waals surface area contributed by atoms with E-state index in [4.69, 9.17) is 4.74 Å². The van der Waals surface area contributed by atoms with Crippen molar-refractivity contribution in [1.29, 1.82) is 0 Å². The smallest absolute Gasteiger partial charge is 0.228 e. The molecule has 1 aromatic carbocycles. The Balaban J connectivity index is 1.51. The summed E-state index contributed by atoms with van der Waals surface area (Å²) in [5.41, 5.74) is 0.759. The molecule has 0 spiro atoms. The van der Waals surface area contributed by atoms with Crippen molar-refractivity contribution >= 4 is 11.6 Å². The third-order valence-corrected chi connectivity index (χ3v) is 3.59. The highest BCUT2D eigenvalue weighted by Crippen LogP contribution is 2.19. The molecule has 7 heteroatoms. The van der Waals surface area contributed by atoms with Crippen molar-refractivity contribution in [3.05, 3.63) is 36.9 Å². The predicted octanol–water partition coefficient (Wildman–Crippen LogP) is 0.905. The molecule has 2 N–H and O–H groups in total. The number of nitrogens with zero attached hydrogens (tertiary/aromatic N) is 3. The highest BCUT2D eigenvalue weighted by molar-refractivity contribution is 5.93. The zero-order valence-electron chi connectivity index (χ0n) is 12.2. The maximum Gasteiger partial charge on any atom is 0.228 e. The van der Waals surface area contributed by atoms with Crippen LogP contribution in [0.4, 0.5) is 5.69 Å². The minimum atomic E-state index is 0.0527. The first kappa shape index (κ1) is 14.5. The molecule has 0 saturated carbocycles. The van der Waals surface area contributed by atoms with Crippen molar-refractivity contribution in [2.75, 3.05) is 25.0 Å². The van der Waals surface area contributed by atoms with Crippen LogP contribution < -0.4 is 15.4 Å². The molecular weight excluding hydrogens is 282 g/mol. The van der Waals surface area contributed by atoms with Crippen LogP contribution in [0.3, 0.4) is 0 Å². The largest absolute Gasteiger partial charge is 0.492 e. The van der Waals surface area contributed by atoms with Gasteiger partial charge in [0.05, 0.1) is 12.5 Å². The first-order chi connectivity index (χ1) is 10.8. The lowest BCUT2D eigenvalue weighted by Crippen LogP contribution is -2.24. The van der Waals surface area contributed by atoms with Gasteiger partial charge in [0.15, 0.2) is 0 Å². The van der Waals surface area contributed by atoms with Crippen molar-refractivity contribution < 1.29 is 9.53 Å². The van der Waals surface area contributed by atoms with Crippen LogP contribution in [-0.2, 0) is 11.3 Å². The monoisotopic (exact) mass is 301 g/mol. The molecule has 2 aromatic rings. The maximum absolute atomic E-state index is 12.1. The number of anilines is 1. The van der Waals surface area contributed by atoms with E-state index in [1.807, 2.05) is 24.3 Å². The van der Waals surface area contributed by atoms with E-state index in [-0.39, 0.29) is 11.8 Å². The van der Waals surface area contributed by atoms with Gasteiger partial charge in [0, 0.05) is 18.3 Å². The maximum atomic E-state index is 12.1. The third kappa shape index (κ3) is 3.82. The Bertz CT molecular complexity index is 608. The first-order valence-corrected chi connectivity index (χ1v) is 7.38. The minimum absolute atomic E-state index is 0.0527. The summed E-state index contributed by atoms with van der Waals surface area (Å²) in [6.07, 6.45) is 4.03. The number of hydrogen-bond donors (Lipinski definition) is 2. The van der Waals surface area contributed by atoms with E-state index in [1.165, 1.54) is 6.33 Å². The summed E-state index contributed by atoms with van der Waals surface area (Å²) in [6, 6.07) is 7.44. The van der Waals surface area contributed by atoms with Crippen molar-refractivity contribution in [3.8, 4) is 5.75 Å². The van der Waals surface area contributed by atoms with Gasteiger partial charge in [0.1, 0.15) is 25.0 Å². The second-order valence-electron chi connectivity index (χ2n) is 5.21. The Morgan fingerprint density at radius 1 is 1.50 bits per heavy atom. The third-order valence-electron chi connectivity index (χ3n) is 3.59. The molecule has 0 radical (unpaired) electrons. The van der Waals surface area contributed by atoms with Gasteiger partial charge in [0.25, 0.3) is 0 Å². The van der Waals surface area contributed by atoms with E-state index in [9.17, 15) is 4.79 Å². The number of carbonyl (C=O) groups excluding carboxylic acids is 1. The Morgan fingerprint density at radius 3 is 3.23 bits per heavy atom. The molecule has 3 rings (SSSR count). The van der Waals surface area contributed by atoms with Crippen molar-refractivity contribution in [2.24, 2.45) is 5.92 Å². The molecule has 1 aromatic heterocycles. The molecule has 1 aliphatic heterocycles. The van der Waals surface area contributed by atoms with E-state index in [1.54, 1.807) is 11.0 Å². The van der Waals surface area contributed by atoms with Gasteiger partial charge < -0.3 is 15.4 Å². The second kappa shape index (κ2) is 7.04. The fourth-order valence-corrected chi connectivity index (χ4v) is 2.39. The van der Waals surface area contributed by atoms with Crippen molar-refractivity contribution in [1.82, 2.24) is 20.1 Å². The summed E-state index contributed by atoms with van der Waals surface area (Å²) in [5.74, 6) is 0.837. The topological polar surface area (TPSA) is 81.1 Å². The van der Waals surface area contributed by atoms with E-state index >= 15 is 0 Å². The molecule has 1 unspecified atom stereocenters. The molecule has 1 amide bonds. The van der Waals surface area contributed by atoms with Gasteiger partial charge in [-0.3, -0.25) is 4.79 Å². The molecule has 2 heterocycles. The van der Waals surface area contributed by atoms with Crippen LogP contribution in [0.25, 0.3) is 0 Å². The molecular formula is C15H19N5O2. The summed E-state index contributed by atoms with van der Waals surface area (Å²) >= 11 is 0. The Labute approximate surface area is 128 Å². The average Bonchev–Trinajstić information content (AvgIpc) is 3.21. The lowest BCUT2D eigenvalue weighted by Gasteiger charge is -2.11. The highest BCUT2D eigenvalue weighted by Gasteiger charge is 2.22. The van der Waals surface area contributed by atoms with Gasteiger partial charge in [-0.25, -0.2) is 9.67 Å². The number of aromatic nitrogens is 3. The van der Waals surface area contributed by atoms with Crippen LogP contribution in [0.2, 0.25) is 0 Å². The van der Waals surface area contributed by atoms with Gasteiger partial charge in [-0.15, -0.1) is 0 Å². The highest BCUT2D eigenvalue weighted by atomic mass is 16.5. The molecule has 1 fully saturated rings. The van der Waals surface area contributed by atoms with E-state index in [2.05, 4.69) is 20.7 Å². The first-order valence-electron chi connectivity index (χ1n) is 7.38. The van der Waals surface area contributed by atoms with Gasteiger partial charge in [-0.1, -0.05) is 6.07 Å². The predicted molar refractivity (Wildman–Crippen MR) is 81.6 cm³/mol. The number of nitrogens with one attached hydrogen (secondary N) is 2. The zero-order valence-corrected chi connectivity index (χ0v) is 12.2. The summed E-state index contributed by atoms with van der Waals surface area (Å²) < 4.78 is 7.38. The van der Waals surface area contributed by atoms with Gasteiger partial charge in [-0.2, -0.15) is 5.10 Å². The van der Waals surface area contributed by atoms with Crippen molar-refractivity contribution in [2.45, 2.75) is 13.0 Å². The lowest BCUT2D eigenvalue weighted by molar-refractivity contribution is -0.119. The number of hydrogen-bond acceptors (Lipinski definition) is 5. The molecule has 0 bridgehead atoms. The molecule has 1 aliphatic rings. The molecule has 116 valence electrons. The summed E-state index contributed by atoms with van der Waals surface area (Å²) in [4.78, 5) is 16.0. The molecule has 7 nitrogen and oxygen atoms in total. The van der Waals surface area contributed by atoms with Crippen LogP contribution >= 0.6 is 0 Å². The van der Waals surface area contributed by atoms with Crippen LogP contribution in [-0.4, -0.2) is 40.4 Å². The minimum Gasteiger partial charge on any atom is -0.492 e. The number of ether oxygens (including phenoxy) is 1. The molecule has 1 atom stereocenters. The number of benzene rings is 1. The fraction of sp³-hybridized carbons (Fsp3) is 0.400. The zero-order chi connectivity index (χ0) is 15.2. The molecule has 1 saturated heterocycles. The SMILES string of the molecule is O=C(Nc1cccc(OCCn2cncn2)c1)C1CCNC1. The van der Waals surface area contributed by atoms with E-state index in [0.717, 1.165) is 30.9 Å². The Hall–Kier alpha value is -2.41. The van der Waals surface area contributed by atoms with Crippen LogP contribution in [0.15, 0.2) is 36.9 Å². The number of amides is 1. The van der Waals surface area contributed by atoms with Crippen molar-refractivity contribution in [3.63, 3.8) is 0 Å². The second-order valence-corrected chi connectivity index (χ2v) is 5.21. The van der Waals surface area contributed by atoms with Crippen LogP contribution in [0.1, 0.15) is 6.42 Å². The Kier molecular flexibility index (Phi) is 4.65. The van der Waals surface area contributed by atoms with Gasteiger partial charge in [-0.05, 0) is 25.1 Å². The summed E-state index contributed by atoms with van der Waals surface area (Å²) in [7, 11) is 0. The van der Waals surface area contributed by atoms with E-state index < -0.39 is 0 Å².